The molecule has 0 aromatic heterocycles. The van der Waals surface area contributed by atoms with Crippen molar-refractivity contribution in [1.29, 1.82) is 0 Å². The number of nitrogens with one attached hydrogen (secondary N) is 2. The van der Waals surface area contributed by atoms with E-state index in [0.29, 0.717) is 12.6 Å². The maximum atomic E-state index is 12.6. The molecule has 27 heavy (non-hydrogen) atoms. The van der Waals surface area contributed by atoms with Crippen LogP contribution in [-0.4, -0.2) is 92.2 Å². The van der Waals surface area contributed by atoms with Gasteiger partial charge in [0.25, 0.3) is 0 Å². The number of carbonyl (C=O) groups excluding carboxylic acids is 2. The Morgan fingerprint density at radius 3 is 2.63 bits per heavy atom. The van der Waals surface area contributed by atoms with Crippen LogP contribution in [0.2, 0.25) is 0 Å². The first-order valence-electron chi connectivity index (χ1n) is 9.75. The fraction of sp³-hybridized carbons (Fsp3) is 0.579. The van der Waals surface area contributed by atoms with Gasteiger partial charge in [-0.05, 0) is 31.2 Å². The molecule has 3 aliphatic rings. The lowest BCUT2D eigenvalue weighted by Gasteiger charge is -2.37. The van der Waals surface area contributed by atoms with E-state index >= 15 is 0 Å². The number of hydrogen-bond donors (Lipinski definition) is 2. The van der Waals surface area contributed by atoms with Gasteiger partial charge < -0.3 is 20.4 Å². The molecule has 146 valence electrons. The van der Waals surface area contributed by atoms with Crippen molar-refractivity contribution in [3.05, 3.63) is 24.3 Å². The molecule has 4 rings (SSSR count). The first-order valence-corrected chi connectivity index (χ1v) is 9.75. The van der Waals surface area contributed by atoms with E-state index in [1.807, 2.05) is 29.2 Å². The lowest BCUT2D eigenvalue weighted by molar-refractivity contribution is 0.119. The van der Waals surface area contributed by atoms with Gasteiger partial charge in [0, 0.05) is 70.3 Å². The van der Waals surface area contributed by atoms with Crippen LogP contribution >= 0.6 is 0 Å². The maximum absolute atomic E-state index is 12.6. The average Bonchev–Trinajstić information content (AvgIpc) is 3.33. The highest BCUT2D eigenvalue weighted by Gasteiger charge is 2.29. The molecule has 3 saturated heterocycles. The highest BCUT2D eigenvalue weighted by molar-refractivity contribution is 5.95. The number of benzene rings is 1. The van der Waals surface area contributed by atoms with Gasteiger partial charge in [0.05, 0.1) is 0 Å². The Labute approximate surface area is 160 Å². The van der Waals surface area contributed by atoms with Crippen LogP contribution in [-0.2, 0) is 0 Å². The van der Waals surface area contributed by atoms with Crippen molar-refractivity contribution in [2.24, 2.45) is 0 Å². The topological polar surface area (TPSA) is 71.2 Å². The second-order valence-electron chi connectivity index (χ2n) is 7.51. The molecule has 1 unspecified atom stereocenters. The molecule has 1 aromatic rings. The molecule has 3 heterocycles. The van der Waals surface area contributed by atoms with E-state index in [9.17, 15) is 9.59 Å². The van der Waals surface area contributed by atoms with Crippen molar-refractivity contribution in [2.45, 2.75) is 12.5 Å². The Morgan fingerprint density at radius 2 is 1.96 bits per heavy atom. The minimum atomic E-state index is -0.0683. The number of carbonyl (C=O) groups is 2. The highest BCUT2D eigenvalue weighted by atomic mass is 16.2. The molecular weight excluding hydrogens is 344 g/mol. The normalized spacial score (nSPS) is 24.0. The van der Waals surface area contributed by atoms with Gasteiger partial charge in [-0.2, -0.15) is 0 Å². The molecule has 0 saturated carbocycles. The molecule has 8 nitrogen and oxygen atoms in total. The van der Waals surface area contributed by atoms with Crippen molar-refractivity contribution < 1.29 is 9.59 Å². The fourth-order valence-corrected chi connectivity index (χ4v) is 4.08. The minimum Gasteiger partial charge on any atom is -0.326 e. The largest absolute Gasteiger partial charge is 0.326 e. The smallest absolute Gasteiger partial charge is 0.324 e. The second kappa shape index (κ2) is 7.74. The van der Waals surface area contributed by atoms with Crippen molar-refractivity contribution in [2.75, 3.05) is 69.6 Å². The van der Waals surface area contributed by atoms with Crippen LogP contribution in [0, 0.1) is 0 Å². The molecule has 0 aliphatic carbocycles. The van der Waals surface area contributed by atoms with Crippen LogP contribution in [0.15, 0.2) is 24.3 Å². The molecule has 0 bridgehead atoms. The average molecular weight is 372 g/mol. The predicted octanol–water partition coefficient (Wildman–Crippen LogP) is 1.07. The minimum absolute atomic E-state index is 0.00370. The summed E-state index contributed by atoms with van der Waals surface area (Å²) < 4.78 is 0. The van der Waals surface area contributed by atoms with Gasteiger partial charge in [0.1, 0.15) is 0 Å². The zero-order valence-electron chi connectivity index (χ0n) is 15.9. The number of urea groups is 2. The molecule has 0 radical (unpaired) electrons. The van der Waals surface area contributed by atoms with Crippen LogP contribution in [0.4, 0.5) is 21.0 Å². The molecule has 3 fully saturated rings. The van der Waals surface area contributed by atoms with Crippen molar-refractivity contribution >= 4 is 23.4 Å². The predicted molar refractivity (Wildman–Crippen MR) is 105 cm³/mol. The van der Waals surface area contributed by atoms with E-state index < -0.39 is 0 Å². The molecule has 0 spiro atoms. The summed E-state index contributed by atoms with van der Waals surface area (Å²) in [6.07, 6.45) is 1.20. The van der Waals surface area contributed by atoms with Gasteiger partial charge in [0.15, 0.2) is 0 Å². The van der Waals surface area contributed by atoms with Crippen LogP contribution in [0.3, 0.4) is 0 Å². The lowest BCUT2D eigenvalue weighted by atomic mass is 10.2. The zero-order chi connectivity index (χ0) is 18.8. The quantitative estimate of drug-likeness (QED) is 0.833. The van der Waals surface area contributed by atoms with Gasteiger partial charge in [-0.25, -0.2) is 9.59 Å². The van der Waals surface area contributed by atoms with Crippen LogP contribution in [0.5, 0.6) is 0 Å². The summed E-state index contributed by atoms with van der Waals surface area (Å²) in [6.45, 7) is 6.89. The summed E-state index contributed by atoms with van der Waals surface area (Å²) in [7, 11) is 1.80. The number of nitrogens with zero attached hydrogens (tertiary/aromatic N) is 4. The van der Waals surface area contributed by atoms with Crippen LogP contribution in [0.25, 0.3) is 0 Å². The number of rotatable bonds is 3. The van der Waals surface area contributed by atoms with E-state index in [0.717, 1.165) is 57.2 Å². The number of likely N-dealkylation sites (N-methyl/N-ethyl adjacent to an activating group) is 1. The van der Waals surface area contributed by atoms with Gasteiger partial charge in [-0.15, -0.1) is 0 Å². The third-order valence-electron chi connectivity index (χ3n) is 5.78. The first kappa shape index (κ1) is 18.1. The van der Waals surface area contributed by atoms with Crippen molar-refractivity contribution in [1.82, 2.24) is 20.0 Å². The molecule has 2 N–H and O–H groups in total. The Morgan fingerprint density at radius 1 is 1.15 bits per heavy atom. The summed E-state index contributed by atoms with van der Waals surface area (Å²) in [6, 6.07) is 8.06. The van der Waals surface area contributed by atoms with E-state index in [1.165, 1.54) is 6.42 Å². The van der Waals surface area contributed by atoms with Crippen LogP contribution < -0.4 is 15.5 Å². The summed E-state index contributed by atoms with van der Waals surface area (Å²) in [5.41, 5.74) is 1.54. The van der Waals surface area contributed by atoms with Gasteiger partial charge in [0.2, 0.25) is 0 Å². The number of amides is 4. The fourth-order valence-electron chi connectivity index (χ4n) is 4.08. The molecular formula is C19H28N6O2. The molecule has 1 atom stereocenters. The molecule has 1 aromatic carbocycles. The third-order valence-corrected chi connectivity index (χ3v) is 5.78. The Hall–Kier alpha value is -2.32. The summed E-state index contributed by atoms with van der Waals surface area (Å²) in [4.78, 5) is 32.6. The van der Waals surface area contributed by atoms with E-state index in [2.05, 4.69) is 15.5 Å². The number of piperazine rings is 1. The van der Waals surface area contributed by atoms with Gasteiger partial charge in [-0.1, -0.05) is 6.07 Å². The molecule has 4 amide bonds. The van der Waals surface area contributed by atoms with E-state index in [4.69, 9.17) is 0 Å². The van der Waals surface area contributed by atoms with Crippen molar-refractivity contribution in [3.8, 4) is 0 Å². The summed E-state index contributed by atoms with van der Waals surface area (Å²) >= 11 is 0. The first-order chi connectivity index (χ1) is 13.1. The zero-order valence-corrected chi connectivity index (χ0v) is 15.9. The molecule has 3 aliphatic heterocycles. The highest BCUT2D eigenvalue weighted by Crippen LogP contribution is 2.23. The standard InChI is InChI=1S/C19H28N6O2/c1-22-7-12-25(19(22)27)16-4-2-3-15(13-16)21-18(26)24-10-8-23(9-11-24)17-5-6-20-14-17/h2-4,13,17,20H,5-12,14H2,1H3,(H,21,26). The second-order valence-corrected chi connectivity index (χ2v) is 7.51. The van der Waals surface area contributed by atoms with Gasteiger partial charge in [-0.3, -0.25) is 9.80 Å². The summed E-state index contributed by atoms with van der Waals surface area (Å²) in [5, 5.41) is 6.40. The molecule has 8 heteroatoms. The lowest BCUT2D eigenvalue weighted by Crippen LogP contribution is -2.53. The van der Waals surface area contributed by atoms with Crippen LogP contribution in [0.1, 0.15) is 6.42 Å². The summed E-state index contributed by atoms with van der Waals surface area (Å²) in [5.74, 6) is 0. The Bertz CT molecular complexity index is 697. The van der Waals surface area contributed by atoms with Gasteiger partial charge >= 0.3 is 12.1 Å². The maximum Gasteiger partial charge on any atom is 0.324 e. The monoisotopic (exact) mass is 372 g/mol. The Kier molecular flexibility index (Phi) is 5.18. The number of hydrogen-bond acceptors (Lipinski definition) is 4. The van der Waals surface area contributed by atoms with Crippen molar-refractivity contribution in [3.63, 3.8) is 0 Å². The SMILES string of the molecule is CN1CCN(c2cccc(NC(=O)N3CCN(C4CCNC4)CC3)c2)C1=O. The Balaban J connectivity index is 1.33. The number of anilines is 2. The van der Waals surface area contributed by atoms with E-state index in [1.54, 1.807) is 16.8 Å². The van der Waals surface area contributed by atoms with E-state index in [-0.39, 0.29) is 12.1 Å². The third kappa shape index (κ3) is 3.86.